The van der Waals surface area contributed by atoms with E-state index < -0.39 is 0 Å². The van der Waals surface area contributed by atoms with Crippen LogP contribution in [-0.4, -0.2) is 43.8 Å². The Labute approximate surface area is 120 Å². The third-order valence-electron chi connectivity index (χ3n) is 3.46. The van der Waals surface area contributed by atoms with E-state index in [2.05, 4.69) is 15.2 Å². The summed E-state index contributed by atoms with van der Waals surface area (Å²) in [5, 5.41) is 8.42. The third-order valence-corrected chi connectivity index (χ3v) is 3.74. The highest BCUT2D eigenvalue weighted by Crippen LogP contribution is 2.26. The summed E-state index contributed by atoms with van der Waals surface area (Å²) in [6, 6.07) is 0. The standard InChI is InChI=1S/C12H14ClN5O2/c1-2-18-6-9(13)10(15-18)12(19)17-4-3-8(5-17)11-14-7-20-16-11/h6-8H,2-5H2,1H3/t8-/m1/s1. The zero-order valence-corrected chi connectivity index (χ0v) is 11.7. The van der Waals surface area contributed by atoms with E-state index in [1.165, 1.54) is 6.39 Å². The molecule has 1 atom stereocenters. The lowest BCUT2D eigenvalue weighted by atomic mass is 10.1. The molecule has 8 heteroatoms. The number of halogens is 1. The molecule has 1 aliphatic heterocycles. The van der Waals surface area contributed by atoms with Gasteiger partial charge in [-0.2, -0.15) is 10.1 Å². The van der Waals surface area contributed by atoms with Gasteiger partial charge in [-0.1, -0.05) is 16.8 Å². The lowest BCUT2D eigenvalue weighted by Gasteiger charge is -2.14. The van der Waals surface area contributed by atoms with Gasteiger partial charge in [0.15, 0.2) is 11.5 Å². The number of carbonyl (C=O) groups excluding carboxylic acids is 1. The van der Waals surface area contributed by atoms with Crippen LogP contribution in [0.25, 0.3) is 0 Å². The number of hydrogen-bond donors (Lipinski definition) is 0. The number of hydrogen-bond acceptors (Lipinski definition) is 5. The number of amides is 1. The van der Waals surface area contributed by atoms with E-state index in [0.29, 0.717) is 36.2 Å². The van der Waals surface area contributed by atoms with Crippen molar-refractivity contribution in [2.45, 2.75) is 25.8 Å². The van der Waals surface area contributed by atoms with Crippen LogP contribution in [0.1, 0.15) is 35.6 Å². The van der Waals surface area contributed by atoms with Crippen molar-refractivity contribution < 1.29 is 9.32 Å². The fourth-order valence-electron chi connectivity index (χ4n) is 2.37. The maximum Gasteiger partial charge on any atom is 0.275 e. The van der Waals surface area contributed by atoms with Gasteiger partial charge in [-0.3, -0.25) is 9.48 Å². The molecule has 1 saturated heterocycles. The Morgan fingerprint density at radius 3 is 3.10 bits per heavy atom. The lowest BCUT2D eigenvalue weighted by Crippen LogP contribution is -2.29. The molecule has 2 aromatic rings. The molecule has 3 rings (SSSR count). The number of aryl methyl sites for hydroxylation is 1. The van der Waals surface area contributed by atoms with Gasteiger partial charge in [-0.05, 0) is 13.3 Å². The molecule has 0 bridgehead atoms. The SMILES string of the molecule is CCn1cc(Cl)c(C(=O)N2CC[C@@H](c3ncon3)C2)n1. The zero-order valence-electron chi connectivity index (χ0n) is 11.0. The quantitative estimate of drug-likeness (QED) is 0.859. The van der Waals surface area contributed by atoms with Crippen molar-refractivity contribution in [1.82, 2.24) is 24.8 Å². The fourth-order valence-corrected chi connectivity index (χ4v) is 2.60. The van der Waals surface area contributed by atoms with Gasteiger partial charge in [0.2, 0.25) is 6.39 Å². The van der Waals surface area contributed by atoms with Gasteiger partial charge in [0, 0.05) is 31.7 Å². The molecule has 0 radical (unpaired) electrons. The molecule has 3 heterocycles. The summed E-state index contributed by atoms with van der Waals surface area (Å²) in [6.07, 6.45) is 3.79. The first-order valence-electron chi connectivity index (χ1n) is 6.47. The highest BCUT2D eigenvalue weighted by Gasteiger charge is 2.32. The van der Waals surface area contributed by atoms with Crippen molar-refractivity contribution in [1.29, 1.82) is 0 Å². The largest absolute Gasteiger partial charge is 0.343 e. The van der Waals surface area contributed by atoms with Crippen molar-refractivity contribution in [3.63, 3.8) is 0 Å². The van der Waals surface area contributed by atoms with Gasteiger partial charge in [-0.25, -0.2) is 0 Å². The number of aromatic nitrogens is 4. The molecule has 1 aliphatic rings. The van der Waals surface area contributed by atoms with Crippen molar-refractivity contribution in [3.05, 3.63) is 29.1 Å². The average molecular weight is 296 g/mol. The number of nitrogens with zero attached hydrogens (tertiary/aromatic N) is 5. The molecule has 7 nitrogen and oxygen atoms in total. The van der Waals surface area contributed by atoms with E-state index in [-0.39, 0.29) is 11.8 Å². The van der Waals surface area contributed by atoms with Gasteiger partial charge >= 0.3 is 0 Å². The summed E-state index contributed by atoms with van der Waals surface area (Å²) < 4.78 is 6.40. The molecule has 0 spiro atoms. The first kappa shape index (κ1) is 13.1. The Balaban J connectivity index is 1.74. The molecule has 106 valence electrons. The second-order valence-electron chi connectivity index (χ2n) is 4.71. The Morgan fingerprint density at radius 2 is 2.45 bits per heavy atom. The summed E-state index contributed by atoms with van der Waals surface area (Å²) in [4.78, 5) is 18.2. The van der Waals surface area contributed by atoms with Crippen LogP contribution in [-0.2, 0) is 6.54 Å². The van der Waals surface area contributed by atoms with E-state index >= 15 is 0 Å². The molecule has 2 aromatic heterocycles. The third kappa shape index (κ3) is 2.29. The van der Waals surface area contributed by atoms with E-state index in [9.17, 15) is 4.79 Å². The maximum atomic E-state index is 12.4. The first-order chi connectivity index (χ1) is 9.69. The van der Waals surface area contributed by atoms with Crippen molar-refractivity contribution in [3.8, 4) is 0 Å². The Hall–Kier alpha value is -1.89. The van der Waals surface area contributed by atoms with E-state index in [1.54, 1.807) is 15.8 Å². The number of likely N-dealkylation sites (tertiary alicyclic amines) is 1. The van der Waals surface area contributed by atoms with Crippen molar-refractivity contribution in [2.24, 2.45) is 0 Å². The van der Waals surface area contributed by atoms with Crippen LogP contribution in [0.3, 0.4) is 0 Å². The fraction of sp³-hybridized carbons (Fsp3) is 0.500. The Kier molecular flexibility index (Phi) is 3.43. The molecule has 20 heavy (non-hydrogen) atoms. The summed E-state index contributed by atoms with van der Waals surface area (Å²) in [6.45, 7) is 3.83. The normalized spacial score (nSPS) is 18.7. The van der Waals surface area contributed by atoms with Crippen LogP contribution in [0.15, 0.2) is 17.1 Å². The topological polar surface area (TPSA) is 77.0 Å². The number of rotatable bonds is 3. The highest BCUT2D eigenvalue weighted by molar-refractivity contribution is 6.33. The van der Waals surface area contributed by atoms with Gasteiger partial charge in [0.1, 0.15) is 0 Å². The van der Waals surface area contributed by atoms with Gasteiger partial charge < -0.3 is 9.42 Å². The van der Waals surface area contributed by atoms with Gasteiger partial charge in [0.25, 0.3) is 5.91 Å². The highest BCUT2D eigenvalue weighted by atomic mass is 35.5. The molecule has 0 aliphatic carbocycles. The zero-order chi connectivity index (χ0) is 14.1. The van der Waals surface area contributed by atoms with E-state index in [1.807, 2.05) is 6.92 Å². The minimum Gasteiger partial charge on any atom is -0.343 e. The second kappa shape index (κ2) is 5.24. The van der Waals surface area contributed by atoms with Gasteiger partial charge in [0.05, 0.1) is 5.02 Å². The predicted molar refractivity (Wildman–Crippen MR) is 70.5 cm³/mol. The van der Waals surface area contributed by atoms with Crippen LogP contribution in [0.4, 0.5) is 0 Å². The minimum atomic E-state index is -0.145. The second-order valence-corrected chi connectivity index (χ2v) is 5.11. The molecule has 1 fully saturated rings. The van der Waals surface area contributed by atoms with Crippen LogP contribution in [0.2, 0.25) is 5.02 Å². The van der Waals surface area contributed by atoms with Crippen molar-refractivity contribution in [2.75, 3.05) is 13.1 Å². The van der Waals surface area contributed by atoms with E-state index in [0.717, 1.165) is 6.42 Å². The van der Waals surface area contributed by atoms with Crippen LogP contribution < -0.4 is 0 Å². The summed E-state index contributed by atoms with van der Waals surface area (Å²) in [5.41, 5.74) is 0.308. The Morgan fingerprint density at radius 1 is 1.60 bits per heavy atom. The Bertz CT molecular complexity index is 609. The van der Waals surface area contributed by atoms with Crippen LogP contribution in [0.5, 0.6) is 0 Å². The molecular formula is C12H14ClN5O2. The van der Waals surface area contributed by atoms with Crippen molar-refractivity contribution >= 4 is 17.5 Å². The maximum absolute atomic E-state index is 12.4. The summed E-state index contributed by atoms with van der Waals surface area (Å²) in [7, 11) is 0. The van der Waals surface area contributed by atoms with Gasteiger partial charge in [-0.15, -0.1) is 0 Å². The number of carbonyl (C=O) groups is 1. The summed E-state index contributed by atoms with van der Waals surface area (Å²) >= 11 is 6.06. The van der Waals surface area contributed by atoms with Crippen LogP contribution in [0, 0.1) is 0 Å². The molecule has 0 N–H and O–H groups in total. The monoisotopic (exact) mass is 295 g/mol. The molecule has 0 unspecified atom stereocenters. The molecular weight excluding hydrogens is 282 g/mol. The van der Waals surface area contributed by atoms with E-state index in [4.69, 9.17) is 16.1 Å². The summed E-state index contributed by atoms with van der Waals surface area (Å²) in [5.74, 6) is 0.614. The average Bonchev–Trinajstić information content (AvgIpc) is 3.17. The minimum absolute atomic E-state index is 0.115. The first-order valence-corrected chi connectivity index (χ1v) is 6.85. The predicted octanol–water partition coefficient (Wildman–Crippen LogP) is 1.57. The molecule has 0 saturated carbocycles. The molecule has 0 aromatic carbocycles. The molecule has 1 amide bonds. The smallest absolute Gasteiger partial charge is 0.275 e. The van der Waals surface area contributed by atoms with Crippen LogP contribution >= 0.6 is 11.6 Å². The lowest BCUT2D eigenvalue weighted by molar-refractivity contribution is 0.0784.